The van der Waals surface area contributed by atoms with Gasteiger partial charge in [-0.25, -0.2) is 11.1 Å². The Morgan fingerprint density at radius 2 is 2.44 bits per heavy atom. The molecule has 0 aliphatic rings. The molecule has 0 aliphatic heterocycles. The summed E-state index contributed by atoms with van der Waals surface area (Å²) in [5, 5.41) is 10.2. The van der Waals surface area contributed by atoms with Crippen LogP contribution < -0.4 is 10.9 Å². The van der Waals surface area contributed by atoms with E-state index in [1.54, 1.807) is 7.05 Å². The highest BCUT2D eigenvalue weighted by molar-refractivity contribution is 7.71. The van der Waals surface area contributed by atoms with Crippen LogP contribution in [-0.4, -0.2) is 22.5 Å². The Morgan fingerprint density at radius 1 is 1.78 bits per heavy atom. The standard InChI is InChI=1S/C3H7N5S/c1-8(4)2-3(9)6-7-5-2/h4H2,1H3,(H2,5,6,7,9). The van der Waals surface area contributed by atoms with Gasteiger partial charge in [0.05, 0.1) is 0 Å². The summed E-state index contributed by atoms with van der Waals surface area (Å²) in [7, 11) is 1.67. The number of aromatic amines is 2. The van der Waals surface area contributed by atoms with Crippen LogP contribution in [-0.2, 0) is 0 Å². The van der Waals surface area contributed by atoms with Crippen LogP contribution in [0.1, 0.15) is 0 Å². The zero-order chi connectivity index (χ0) is 6.85. The van der Waals surface area contributed by atoms with Crippen LogP contribution >= 0.6 is 12.2 Å². The quantitative estimate of drug-likeness (QED) is 0.290. The summed E-state index contributed by atoms with van der Waals surface area (Å²) in [4.78, 5) is 0. The predicted octanol–water partition coefficient (Wildman–Crippen LogP) is -0.223. The Hall–Kier alpha value is -0.880. The van der Waals surface area contributed by atoms with Gasteiger partial charge in [0.1, 0.15) is 0 Å². The summed E-state index contributed by atoms with van der Waals surface area (Å²) < 4.78 is 0.514. The summed E-state index contributed by atoms with van der Waals surface area (Å²) in [6.07, 6.45) is 0. The average molecular weight is 145 g/mol. The minimum Gasteiger partial charge on any atom is -0.294 e. The van der Waals surface area contributed by atoms with E-state index in [9.17, 15) is 0 Å². The van der Waals surface area contributed by atoms with Crippen molar-refractivity contribution in [2.45, 2.75) is 0 Å². The molecule has 0 atom stereocenters. The Bertz CT molecular complexity index is 234. The van der Waals surface area contributed by atoms with Crippen LogP contribution in [0.2, 0.25) is 0 Å². The fourth-order valence-electron chi connectivity index (χ4n) is 0.477. The van der Waals surface area contributed by atoms with Crippen LogP contribution in [0.4, 0.5) is 5.82 Å². The first-order valence-corrected chi connectivity index (χ1v) is 2.74. The second-order valence-corrected chi connectivity index (χ2v) is 2.02. The minimum absolute atomic E-state index is 0.514. The Kier molecular flexibility index (Phi) is 1.50. The molecule has 0 aromatic carbocycles. The SMILES string of the molecule is CN(N)c1n[nH][nH]c1=S. The van der Waals surface area contributed by atoms with Gasteiger partial charge in [-0.3, -0.25) is 10.1 Å². The number of nitrogens with one attached hydrogen (secondary N) is 2. The van der Waals surface area contributed by atoms with Gasteiger partial charge in [0.15, 0.2) is 4.64 Å². The molecule has 6 heteroatoms. The topological polar surface area (TPSA) is 73.7 Å². The van der Waals surface area contributed by atoms with Crippen molar-refractivity contribution in [3.8, 4) is 0 Å². The van der Waals surface area contributed by atoms with Crippen molar-refractivity contribution in [3.63, 3.8) is 0 Å². The molecule has 0 unspecified atom stereocenters. The van der Waals surface area contributed by atoms with E-state index in [4.69, 9.17) is 18.1 Å². The van der Waals surface area contributed by atoms with Crippen molar-refractivity contribution in [2.24, 2.45) is 5.84 Å². The van der Waals surface area contributed by atoms with E-state index in [1.807, 2.05) is 0 Å². The molecule has 0 amide bonds. The van der Waals surface area contributed by atoms with E-state index >= 15 is 0 Å². The Morgan fingerprint density at radius 3 is 2.67 bits per heavy atom. The maximum Gasteiger partial charge on any atom is 0.200 e. The van der Waals surface area contributed by atoms with Crippen LogP contribution in [0, 0.1) is 4.64 Å². The number of hydrogen-bond donors (Lipinski definition) is 3. The lowest BCUT2D eigenvalue weighted by atomic mass is 10.7. The molecule has 1 heterocycles. The third-order valence-electron chi connectivity index (χ3n) is 0.868. The van der Waals surface area contributed by atoms with Crippen molar-refractivity contribution in [1.82, 2.24) is 15.4 Å². The third kappa shape index (κ3) is 1.08. The monoisotopic (exact) mass is 145 g/mol. The van der Waals surface area contributed by atoms with Crippen molar-refractivity contribution < 1.29 is 0 Å². The van der Waals surface area contributed by atoms with Gasteiger partial charge in [-0.2, -0.15) is 0 Å². The van der Waals surface area contributed by atoms with Crippen LogP contribution in [0.15, 0.2) is 0 Å². The van der Waals surface area contributed by atoms with Crippen LogP contribution in [0.5, 0.6) is 0 Å². The van der Waals surface area contributed by atoms with Gasteiger partial charge in [0.2, 0.25) is 5.82 Å². The molecule has 50 valence electrons. The maximum atomic E-state index is 5.32. The number of rotatable bonds is 1. The van der Waals surface area contributed by atoms with E-state index in [2.05, 4.69) is 15.4 Å². The maximum absolute atomic E-state index is 5.32. The summed E-state index contributed by atoms with van der Waals surface area (Å²) in [6, 6.07) is 0. The van der Waals surface area contributed by atoms with E-state index < -0.39 is 0 Å². The molecular weight excluding hydrogens is 138 g/mol. The highest BCUT2D eigenvalue weighted by atomic mass is 32.1. The van der Waals surface area contributed by atoms with E-state index in [1.165, 1.54) is 5.01 Å². The first-order valence-electron chi connectivity index (χ1n) is 2.33. The fourth-order valence-corrected chi connectivity index (χ4v) is 0.713. The smallest absolute Gasteiger partial charge is 0.200 e. The molecule has 1 rings (SSSR count). The third-order valence-corrected chi connectivity index (χ3v) is 1.15. The van der Waals surface area contributed by atoms with Gasteiger partial charge >= 0.3 is 0 Å². The van der Waals surface area contributed by atoms with Crippen molar-refractivity contribution in [2.75, 3.05) is 12.1 Å². The average Bonchev–Trinajstić information content (AvgIpc) is 2.13. The highest BCUT2D eigenvalue weighted by Gasteiger charge is 1.98. The predicted molar refractivity (Wildman–Crippen MR) is 36.4 cm³/mol. The van der Waals surface area contributed by atoms with Gasteiger partial charge in [-0.15, -0.1) is 5.10 Å². The van der Waals surface area contributed by atoms with E-state index in [0.29, 0.717) is 10.5 Å². The molecule has 4 N–H and O–H groups in total. The summed E-state index contributed by atoms with van der Waals surface area (Å²) in [6.45, 7) is 0. The molecule has 0 bridgehead atoms. The largest absolute Gasteiger partial charge is 0.294 e. The first-order chi connectivity index (χ1) is 4.22. The number of aromatic nitrogens is 3. The van der Waals surface area contributed by atoms with E-state index in [-0.39, 0.29) is 0 Å². The minimum atomic E-state index is 0.514. The van der Waals surface area contributed by atoms with Gasteiger partial charge in [0, 0.05) is 7.05 Å². The van der Waals surface area contributed by atoms with Crippen LogP contribution in [0.25, 0.3) is 0 Å². The molecule has 1 aromatic rings. The molecule has 0 spiro atoms. The zero-order valence-corrected chi connectivity index (χ0v) is 5.70. The molecule has 0 radical (unpaired) electrons. The summed E-state index contributed by atoms with van der Waals surface area (Å²) >= 11 is 4.79. The number of hydrogen-bond acceptors (Lipinski definition) is 4. The number of anilines is 1. The van der Waals surface area contributed by atoms with Crippen LogP contribution in [0.3, 0.4) is 0 Å². The number of nitrogens with zero attached hydrogens (tertiary/aromatic N) is 2. The van der Waals surface area contributed by atoms with Crippen molar-refractivity contribution in [3.05, 3.63) is 4.64 Å². The molecule has 0 aliphatic carbocycles. The molecular formula is C3H7N5S. The molecule has 1 aromatic heterocycles. The number of nitrogens with two attached hydrogens (primary N) is 1. The number of hydrazine groups is 1. The lowest BCUT2D eigenvalue weighted by Crippen LogP contribution is -2.25. The Labute approximate surface area is 56.8 Å². The van der Waals surface area contributed by atoms with Crippen molar-refractivity contribution >= 4 is 18.0 Å². The lowest BCUT2D eigenvalue weighted by molar-refractivity contribution is 0.909. The van der Waals surface area contributed by atoms with E-state index in [0.717, 1.165) is 0 Å². The van der Waals surface area contributed by atoms with Gasteiger partial charge in [0.25, 0.3) is 0 Å². The fraction of sp³-hybridized carbons (Fsp3) is 0.333. The van der Waals surface area contributed by atoms with Gasteiger partial charge < -0.3 is 0 Å². The Balaban J connectivity index is 3.08. The second kappa shape index (κ2) is 2.16. The zero-order valence-electron chi connectivity index (χ0n) is 4.88. The molecule has 5 nitrogen and oxygen atoms in total. The lowest BCUT2D eigenvalue weighted by Gasteiger charge is -2.03. The molecule has 0 saturated heterocycles. The first kappa shape index (κ1) is 6.24. The highest BCUT2D eigenvalue weighted by Crippen LogP contribution is 2.01. The molecule has 0 fully saturated rings. The van der Waals surface area contributed by atoms with Crippen molar-refractivity contribution in [1.29, 1.82) is 0 Å². The molecule has 9 heavy (non-hydrogen) atoms. The summed E-state index contributed by atoms with van der Waals surface area (Å²) in [5.74, 6) is 5.87. The normalized spacial score (nSPS) is 9.56. The molecule has 0 saturated carbocycles. The number of H-pyrrole nitrogens is 2. The summed E-state index contributed by atoms with van der Waals surface area (Å²) in [5.41, 5.74) is 0. The van der Waals surface area contributed by atoms with Gasteiger partial charge in [-0.05, 0) is 0 Å². The van der Waals surface area contributed by atoms with Gasteiger partial charge in [-0.1, -0.05) is 12.2 Å². The second-order valence-electron chi connectivity index (χ2n) is 1.61.